The van der Waals surface area contributed by atoms with E-state index in [4.69, 9.17) is 31.5 Å². The van der Waals surface area contributed by atoms with E-state index in [1.165, 1.54) is 12.3 Å². The van der Waals surface area contributed by atoms with Crippen molar-refractivity contribution in [3.8, 4) is 18.2 Å². The van der Waals surface area contributed by atoms with Gasteiger partial charge in [-0.05, 0) is 24.6 Å². The summed E-state index contributed by atoms with van der Waals surface area (Å²) in [6, 6.07) is 2.92. The van der Waals surface area contributed by atoms with Gasteiger partial charge in [0.2, 0.25) is 5.88 Å². The third-order valence-electron chi connectivity index (χ3n) is 5.26. The third kappa shape index (κ3) is 6.05. The van der Waals surface area contributed by atoms with Crippen molar-refractivity contribution >= 4 is 23.6 Å². The van der Waals surface area contributed by atoms with Crippen molar-refractivity contribution in [2.24, 2.45) is 16.6 Å². The first-order valence-corrected chi connectivity index (χ1v) is 10.4. The molecular weight excluding hydrogens is 528 g/mol. The van der Waals surface area contributed by atoms with Crippen LogP contribution >= 0.6 is 0 Å². The predicted octanol–water partition coefficient (Wildman–Crippen LogP) is 2.71. The van der Waals surface area contributed by atoms with Crippen LogP contribution in [0.15, 0.2) is 35.6 Å². The Balaban J connectivity index is 0.000000505. The van der Waals surface area contributed by atoms with Crippen molar-refractivity contribution in [3.63, 3.8) is 0 Å². The van der Waals surface area contributed by atoms with E-state index < -0.39 is 53.9 Å². The smallest absolute Gasteiger partial charge is 0.475 e. The van der Waals surface area contributed by atoms with Gasteiger partial charge in [-0.15, -0.1) is 6.42 Å². The Kier molecular flexibility index (Phi) is 7.98. The van der Waals surface area contributed by atoms with Crippen molar-refractivity contribution in [2.75, 3.05) is 11.9 Å². The Morgan fingerprint density at radius 3 is 2.55 bits per heavy atom. The zero-order valence-electron chi connectivity index (χ0n) is 18.9. The summed E-state index contributed by atoms with van der Waals surface area (Å²) in [5.74, 6) is -2.66. The van der Waals surface area contributed by atoms with Gasteiger partial charge in [0.1, 0.15) is 17.6 Å². The van der Waals surface area contributed by atoms with Crippen LogP contribution in [-0.2, 0) is 15.1 Å². The minimum atomic E-state index is -5.08. The van der Waals surface area contributed by atoms with E-state index in [-0.39, 0.29) is 35.9 Å². The molecule has 0 saturated heterocycles. The average Bonchev–Trinajstić information content (AvgIpc) is 3.63. The number of carboxylic acids is 1. The molecule has 1 amide bonds. The number of amides is 1. The molecule has 1 aromatic heterocycles. The van der Waals surface area contributed by atoms with Crippen molar-refractivity contribution in [1.29, 1.82) is 0 Å². The lowest BCUT2D eigenvalue weighted by Gasteiger charge is -2.33. The monoisotopic (exact) mass is 545 g/mol. The molecule has 0 radical (unpaired) electrons. The van der Waals surface area contributed by atoms with Crippen LogP contribution in [0.1, 0.15) is 22.5 Å². The molecule has 10 nitrogen and oxygen atoms in total. The molecule has 16 heteroatoms. The van der Waals surface area contributed by atoms with Gasteiger partial charge in [0, 0.05) is 17.2 Å². The van der Waals surface area contributed by atoms with E-state index in [0.29, 0.717) is 0 Å². The minimum Gasteiger partial charge on any atom is -0.475 e. The van der Waals surface area contributed by atoms with Gasteiger partial charge in [-0.2, -0.15) is 13.2 Å². The number of hydrogen-bond acceptors (Lipinski definition) is 8. The number of carbonyl (C=O) groups is 2. The van der Waals surface area contributed by atoms with E-state index in [2.05, 4.69) is 26.2 Å². The standard InChI is InChI=1S/C20H16F3N5O3.C2HF3O2/c1-2-5-30-16-9-25-14(8-26-16)17(29)27-10-3-4-13(21)11(6-10)20(18(22)23)12-7-15(12)31-19(24)28-20;3-2(4,5)1(6)7/h1,3-4,6,8-9,12,15,18H,5,7H2,(H2,24,28)(H,27,29);(H,6,7)/t12-,15+,20+;/m0./s1. The molecule has 2 aromatic rings. The number of nitrogens with two attached hydrogens (primary N) is 1. The summed E-state index contributed by atoms with van der Waals surface area (Å²) in [6.07, 6.45) is -0.946. The summed E-state index contributed by atoms with van der Waals surface area (Å²) in [6.45, 7) is -0.00957. The number of rotatable bonds is 6. The number of hydrogen-bond donors (Lipinski definition) is 3. The summed E-state index contributed by atoms with van der Waals surface area (Å²) >= 11 is 0. The number of alkyl halides is 5. The van der Waals surface area contributed by atoms with Crippen LogP contribution in [0.4, 0.5) is 32.0 Å². The van der Waals surface area contributed by atoms with Crippen LogP contribution in [0, 0.1) is 24.1 Å². The molecule has 1 aliphatic carbocycles. The largest absolute Gasteiger partial charge is 0.490 e. The van der Waals surface area contributed by atoms with Crippen LogP contribution < -0.4 is 15.8 Å². The highest BCUT2D eigenvalue weighted by molar-refractivity contribution is 6.02. The molecule has 0 spiro atoms. The number of ether oxygens (including phenoxy) is 2. The molecule has 2 heterocycles. The van der Waals surface area contributed by atoms with Crippen LogP contribution in [0.5, 0.6) is 5.88 Å². The normalized spacial score (nSPS) is 21.5. The Hall–Kier alpha value is -4.55. The highest BCUT2D eigenvalue weighted by Crippen LogP contribution is 2.56. The number of halogens is 6. The van der Waals surface area contributed by atoms with Gasteiger partial charge in [0.05, 0.1) is 12.4 Å². The quantitative estimate of drug-likeness (QED) is 0.371. The Morgan fingerprint density at radius 1 is 1.32 bits per heavy atom. The molecule has 0 unspecified atom stereocenters. The minimum absolute atomic E-state index is 0.00957. The highest BCUT2D eigenvalue weighted by atomic mass is 19.4. The van der Waals surface area contributed by atoms with Crippen LogP contribution in [0.3, 0.4) is 0 Å². The molecule has 4 N–H and O–H groups in total. The molecule has 1 aliphatic heterocycles. The first-order chi connectivity index (χ1) is 17.8. The Bertz CT molecular complexity index is 1280. The fraction of sp³-hybridized carbons (Fsp3) is 0.318. The molecule has 2 aliphatic rings. The van der Waals surface area contributed by atoms with Gasteiger partial charge < -0.3 is 25.6 Å². The number of nitrogens with one attached hydrogen (secondary N) is 1. The van der Waals surface area contributed by atoms with Crippen molar-refractivity contribution in [2.45, 2.75) is 30.7 Å². The van der Waals surface area contributed by atoms with Crippen molar-refractivity contribution < 1.29 is 50.5 Å². The van der Waals surface area contributed by atoms with E-state index in [1.807, 2.05) is 0 Å². The van der Waals surface area contributed by atoms with Gasteiger partial charge in [0.25, 0.3) is 18.4 Å². The number of carboxylic acid groups (broad SMARTS) is 1. The second-order valence-corrected chi connectivity index (χ2v) is 7.76. The number of terminal acetylenes is 1. The molecular formula is C22H17F6N5O5. The molecule has 1 fully saturated rings. The number of nitrogens with zero attached hydrogens (tertiary/aromatic N) is 3. The molecule has 4 rings (SSSR count). The maximum atomic E-state index is 14.6. The maximum absolute atomic E-state index is 14.6. The maximum Gasteiger partial charge on any atom is 0.490 e. The second-order valence-electron chi connectivity index (χ2n) is 7.76. The number of benzene rings is 1. The molecule has 202 valence electrons. The van der Waals surface area contributed by atoms with E-state index in [1.54, 1.807) is 0 Å². The summed E-state index contributed by atoms with van der Waals surface area (Å²) in [4.78, 5) is 33.0. The van der Waals surface area contributed by atoms with Crippen molar-refractivity contribution in [3.05, 3.63) is 47.7 Å². The zero-order valence-corrected chi connectivity index (χ0v) is 18.9. The number of aromatic nitrogens is 2. The summed E-state index contributed by atoms with van der Waals surface area (Å²) < 4.78 is 85.0. The van der Waals surface area contributed by atoms with Crippen molar-refractivity contribution in [1.82, 2.24) is 9.97 Å². The van der Waals surface area contributed by atoms with E-state index >= 15 is 0 Å². The lowest BCUT2D eigenvalue weighted by atomic mass is 9.84. The molecule has 1 saturated carbocycles. The summed E-state index contributed by atoms with van der Waals surface area (Å²) in [5.41, 5.74) is 3.00. The Morgan fingerprint density at radius 2 is 2.00 bits per heavy atom. The average molecular weight is 545 g/mol. The summed E-state index contributed by atoms with van der Waals surface area (Å²) in [5, 5.41) is 9.61. The molecule has 0 bridgehead atoms. The number of aliphatic carboxylic acids is 1. The fourth-order valence-electron chi connectivity index (χ4n) is 3.53. The third-order valence-corrected chi connectivity index (χ3v) is 5.26. The van der Waals surface area contributed by atoms with Gasteiger partial charge in [-0.3, -0.25) is 4.79 Å². The lowest BCUT2D eigenvalue weighted by molar-refractivity contribution is -0.192. The molecule has 38 heavy (non-hydrogen) atoms. The SMILES string of the molecule is C#CCOc1cnc(C(=O)Nc2ccc(F)c([C@@]3(C(F)F)N=C(N)O[C@@H]4C[C@@H]43)c2)cn1.O=C(O)C(F)(F)F. The number of aliphatic imine (C=N–C) groups is 1. The number of amidine groups is 1. The van der Waals surface area contributed by atoms with Gasteiger partial charge in [-0.25, -0.2) is 32.9 Å². The lowest BCUT2D eigenvalue weighted by Crippen LogP contribution is -2.43. The molecule has 3 atom stereocenters. The van der Waals surface area contributed by atoms with Gasteiger partial charge >= 0.3 is 12.1 Å². The fourth-order valence-corrected chi connectivity index (χ4v) is 3.53. The van der Waals surface area contributed by atoms with Gasteiger partial charge in [-0.1, -0.05) is 5.92 Å². The summed E-state index contributed by atoms with van der Waals surface area (Å²) in [7, 11) is 0. The van der Waals surface area contributed by atoms with Crippen LogP contribution in [-0.4, -0.2) is 58.3 Å². The Labute approximate surface area is 209 Å². The second kappa shape index (κ2) is 10.8. The number of fused-ring (bicyclic) bond motifs is 1. The first-order valence-electron chi connectivity index (χ1n) is 10.4. The highest BCUT2D eigenvalue weighted by Gasteiger charge is 2.64. The zero-order chi connectivity index (χ0) is 28.3. The topological polar surface area (TPSA) is 149 Å². The first kappa shape index (κ1) is 28.0. The predicted molar refractivity (Wildman–Crippen MR) is 117 cm³/mol. The van der Waals surface area contributed by atoms with Crippen LogP contribution in [0.25, 0.3) is 0 Å². The number of anilines is 1. The van der Waals surface area contributed by atoms with Crippen LogP contribution in [0.2, 0.25) is 0 Å². The van der Waals surface area contributed by atoms with E-state index in [9.17, 15) is 31.1 Å². The van der Waals surface area contributed by atoms with Gasteiger partial charge in [0.15, 0.2) is 12.1 Å². The van der Waals surface area contributed by atoms with E-state index in [0.717, 1.165) is 18.3 Å². The number of carbonyl (C=O) groups excluding carboxylic acids is 1. The molecule has 1 aromatic carbocycles.